The topological polar surface area (TPSA) is 47.6 Å². The molecule has 0 bridgehead atoms. The van der Waals surface area contributed by atoms with Crippen LogP contribution >= 0.6 is 45.3 Å². The second-order valence-corrected chi connectivity index (χ2v) is 16.2. The number of nitriles is 2. The van der Waals surface area contributed by atoms with Gasteiger partial charge in [0.1, 0.15) is 12.1 Å². The summed E-state index contributed by atoms with van der Waals surface area (Å²) in [5.74, 6) is 0.440. The number of nitrogens with zero attached hydrogens (tertiary/aromatic N) is 2. The zero-order valence-electron chi connectivity index (χ0n) is 25.5. The third kappa shape index (κ3) is 8.05. The molecule has 0 fully saturated rings. The number of hydrogen-bond acceptors (Lipinski definition) is 6. The minimum atomic E-state index is 0.440. The van der Waals surface area contributed by atoms with Gasteiger partial charge in [-0.25, -0.2) is 0 Å². The normalized spacial score (nSPS) is 11.4. The molecule has 0 radical (unpaired) electrons. The molecule has 0 saturated carbocycles. The Bertz CT molecular complexity index is 1700. The van der Waals surface area contributed by atoms with E-state index in [-0.39, 0.29) is 0 Å². The van der Waals surface area contributed by atoms with Crippen molar-refractivity contribution in [3.8, 4) is 22.6 Å². The van der Waals surface area contributed by atoms with E-state index in [9.17, 15) is 10.5 Å². The van der Waals surface area contributed by atoms with Gasteiger partial charge in [-0.2, -0.15) is 10.5 Å². The molecule has 0 spiro atoms. The van der Waals surface area contributed by atoms with Gasteiger partial charge in [0, 0.05) is 41.8 Å². The molecule has 0 aliphatic heterocycles. The highest BCUT2D eigenvalue weighted by Gasteiger charge is 2.17. The zero-order valence-corrected chi connectivity index (χ0v) is 28.8. The quantitative estimate of drug-likeness (QED) is 0.107. The average molecular weight is 641 g/mol. The van der Waals surface area contributed by atoms with E-state index in [2.05, 4.69) is 69.3 Å². The van der Waals surface area contributed by atoms with Crippen LogP contribution in [0.4, 0.5) is 0 Å². The molecule has 222 valence electrons. The van der Waals surface area contributed by atoms with Crippen LogP contribution in [0.25, 0.3) is 19.8 Å². The summed E-state index contributed by atoms with van der Waals surface area (Å²) in [6.45, 7) is 6.71. The maximum atomic E-state index is 9.81. The highest BCUT2D eigenvalue weighted by atomic mass is 32.1. The van der Waals surface area contributed by atoms with Crippen molar-refractivity contribution in [2.75, 3.05) is 0 Å². The van der Waals surface area contributed by atoms with Gasteiger partial charge in [0.05, 0.1) is 16.0 Å². The fourth-order valence-electron chi connectivity index (χ4n) is 5.65. The van der Waals surface area contributed by atoms with Crippen LogP contribution in [-0.2, 0) is 19.3 Å². The van der Waals surface area contributed by atoms with Crippen LogP contribution in [0.2, 0.25) is 0 Å². The van der Waals surface area contributed by atoms with E-state index >= 15 is 0 Å². The van der Waals surface area contributed by atoms with Gasteiger partial charge >= 0.3 is 0 Å². The van der Waals surface area contributed by atoms with E-state index in [4.69, 9.17) is 0 Å². The number of benzene rings is 1. The first kappa shape index (κ1) is 31.7. The van der Waals surface area contributed by atoms with Crippen LogP contribution in [0.1, 0.15) is 120 Å². The van der Waals surface area contributed by atoms with Crippen LogP contribution in [0.3, 0.4) is 0 Å². The molecule has 0 saturated heterocycles. The third-order valence-corrected chi connectivity index (χ3v) is 12.5. The fraction of sp³-hybridized carbons (Fsp3) is 0.405. The van der Waals surface area contributed by atoms with Crippen LogP contribution in [-0.4, -0.2) is 0 Å². The molecule has 0 aliphatic rings. The fourth-order valence-corrected chi connectivity index (χ4v) is 10.3. The summed E-state index contributed by atoms with van der Waals surface area (Å²) in [4.78, 5) is 6.34. The first-order valence-corrected chi connectivity index (χ1v) is 19.0. The van der Waals surface area contributed by atoms with Crippen molar-refractivity contribution in [2.24, 2.45) is 0 Å². The SMILES string of the molecule is CCCCCCCCCCc1cc(C#N)c(Cc2cc3sc(Cc4ccc(C(C)C)cc4-c4sccc4C#N)cc3s2)s1. The number of hydrogen-bond donors (Lipinski definition) is 0. The maximum absolute atomic E-state index is 9.81. The molecule has 0 N–H and O–H groups in total. The Hall–Kier alpha value is -2.74. The standard InChI is InChI=1S/C37H40N2S4/c1-4-5-6-7-8-9-10-11-12-30-18-29(24-39)34(41-30)20-32-22-36-35(43-32)21-31(42-36)17-27-14-13-26(25(2)3)19-33(27)37-28(23-38)15-16-40-37/h13-16,18-19,21-22,25H,4-12,17,20H2,1-3H3. The molecular formula is C37H40N2S4. The molecule has 0 amide bonds. The molecule has 5 aromatic rings. The lowest BCUT2D eigenvalue weighted by Gasteiger charge is -2.13. The minimum absolute atomic E-state index is 0.440. The van der Waals surface area contributed by atoms with Gasteiger partial charge in [0.15, 0.2) is 0 Å². The highest BCUT2D eigenvalue weighted by molar-refractivity contribution is 7.27. The average Bonchev–Trinajstić information content (AvgIpc) is 3.78. The number of aryl methyl sites for hydroxylation is 1. The molecule has 4 aromatic heterocycles. The predicted molar refractivity (Wildman–Crippen MR) is 189 cm³/mol. The zero-order chi connectivity index (χ0) is 30.2. The van der Waals surface area contributed by atoms with Crippen molar-refractivity contribution >= 4 is 54.7 Å². The number of unbranched alkanes of at least 4 members (excludes halogenated alkanes) is 7. The van der Waals surface area contributed by atoms with Crippen molar-refractivity contribution < 1.29 is 0 Å². The summed E-state index contributed by atoms with van der Waals surface area (Å²) < 4.78 is 2.66. The van der Waals surface area contributed by atoms with E-state index in [1.807, 2.05) is 45.5 Å². The second kappa shape index (κ2) is 15.3. The van der Waals surface area contributed by atoms with E-state index < -0.39 is 0 Å². The minimum Gasteiger partial charge on any atom is -0.192 e. The summed E-state index contributed by atoms with van der Waals surface area (Å²) in [6, 6.07) is 20.4. The summed E-state index contributed by atoms with van der Waals surface area (Å²) in [7, 11) is 0. The summed E-state index contributed by atoms with van der Waals surface area (Å²) in [6.07, 6.45) is 13.5. The van der Waals surface area contributed by atoms with Gasteiger partial charge in [-0.1, -0.05) is 77.8 Å². The van der Waals surface area contributed by atoms with Gasteiger partial charge in [0.25, 0.3) is 0 Å². The Labute approximate surface area is 273 Å². The van der Waals surface area contributed by atoms with Crippen molar-refractivity contribution in [1.29, 1.82) is 10.5 Å². The van der Waals surface area contributed by atoms with E-state index in [1.54, 1.807) is 11.3 Å². The highest BCUT2D eigenvalue weighted by Crippen LogP contribution is 2.39. The molecular weight excluding hydrogens is 601 g/mol. The van der Waals surface area contributed by atoms with Gasteiger partial charge in [-0.05, 0) is 71.2 Å². The van der Waals surface area contributed by atoms with E-state index in [0.717, 1.165) is 35.3 Å². The monoisotopic (exact) mass is 640 g/mol. The number of thiophene rings is 4. The molecule has 4 heterocycles. The van der Waals surface area contributed by atoms with Crippen LogP contribution in [0, 0.1) is 22.7 Å². The molecule has 0 atom stereocenters. The van der Waals surface area contributed by atoms with Crippen LogP contribution < -0.4 is 0 Å². The van der Waals surface area contributed by atoms with Gasteiger partial charge in [-0.15, -0.1) is 45.3 Å². The molecule has 0 aliphatic carbocycles. The predicted octanol–water partition coefficient (Wildman–Crippen LogP) is 12.5. The first-order chi connectivity index (χ1) is 21.0. The summed E-state index contributed by atoms with van der Waals surface area (Å²) >= 11 is 7.24. The first-order valence-electron chi connectivity index (χ1n) is 15.6. The van der Waals surface area contributed by atoms with Crippen LogP contribution in [0.15, 0.2) is 47.8 Å². The lowest BCUT2D eigenvalue weighted by Crippen LogP contribution is -1.95. The number of fused-ring (bicyclic) bond motifs is 1. The molecule has 5 rings (SSSR count). The Morgan fingerprint density at radius 2 is 1.37 bits per heavy atom. The number of rotatable bonds is 15. The van der Waals surface area contributed by atoms with E-state index in [1.165, 1.54) is 97.0 Å². The summed E-state index contributed by atoms with van der Waals surface area (Å²) in [5.41, 5.74) is 5.40. The smallest absolute Gasteiger partial charge is 0.101 e. The van der Waals surface area contributed by atoms with Gasteiger partial charge < -0.3 is 0 Å². The Morgan fingerprint density at radius 1 is 0.698 bits per heavy atom. The largest absolute Gasteiger partial charge is 0.192 e. The molecule has 2 nitrogen and oxygen atoms in total. The van der Waals surface area contributed by atoms with Gasteiger partial charge in [0.2, 0.25) is 0 Å². The van der Waals surface area contributed by atoms with Crippen LogP contribution in [0.5, 0.6) is 0 Å². The van der Waals surface area contributed by atoms with Crippen molar-refractivity contribution in [2.45, 2.75) is 97.3 Å². The Balaban J connectivity index is 1.24. The Morgan fingerprint density at radius 3 is 2.05 bits per heavy atom. The molecule has 0 unspecified atom stereocenters. The summed E-state index contributed by atoms with van der Waals surface area (Å²) in [5, 5.41) is 21.5. The maximum Gasteiger partial charge on any atom is 0.101 e. The molecule has 6 heteroatoms. The lowest BCUT2D eigenvalue weighted by molar-refractivity contribution is 0.576. The second-order valence-electron chi connectivity index (χ2n) is 11.7. The van der Waals surface area contributed by atoms with Gasteiger partial charge in [-0.3, -0.25) is 0 Å². The Kier molecular flexibility index (Phi) is 11.3. The molecule has 1 aromatic carbocycles. The molecule has 43 heavy (non-hydrogen) atoms. The van der Waals surface area contributed by atoms with E-state index in [0.29, 0.717) is 5.92 Å². The lowest BCUT2D eigenvalue weighted by atomic mass is 9.94. The van der Waals surface area contributed by atoms with Crippen molar-refractivity contribution in [1.82, 2.24) is 0 Å². The van der Waals surface area contributed by atoms with Crippen molar-refractivity contribution in [3.63, 3.8) is 0 Å². The third-order valence-electron chi connectivity index (χ3n) is 8.10. The van der Waals surface area contributed by atoms with Crippen molar-refractivity contribution in [3.05, 3.63) is 89.6 Å².